The summed E-state index contributed by atoms with van der Waals surface area (Å²) in [6, 6.07) is 21.3. The summed E-state index contributed by atoms with van der Waals surface area (Å²) < 4.78 is 0. The minimum Gasteiger partial charge on any atom is -0.396 e. The molecule has 2 heterocycles. The second-order valence-electron chi connectivity index (χ2n) is 8.90. The van der Waals surface area contributed by atoms with E-state index in [0.29, 0.717) is 35.9 Å². The Balaban J connectivity index is 1.39. The molecule has 1 aliphatic heterocycles. The number of anilines is 2. The Kier molecular flexibility index (Phi) is 7.04. The number of carbonyl (C=O) groups excluding carboxylic acids is 1. The Bertz CT molecular complexity index is 1370. The lowest BCUT2D eigenvalue weighted by atomic mass is 9.96. The largest absolute Gasteiger partial charge is 0.396 e. The van der Waals surface area contributed by atoms with Crippen molar-refractivity contribution in [1.29, 1.82) is 0 Å². The molecule has 1 amide bonds. The van der Waals surface area contributed by atoms with Crippen LogP contribution in [0.1, 0.15) is 15.9 Å². The monoisotopic (exact) mass is 502 g/mol. The summed E-state index contributed by atoms with van der Waals surface area (Å²) in [5.41, 5.74) is 5.99. The molecule has 0 fully saturated rings. The number of fused-ring (bicyclic) bond motifs is 1. The number of aliphatic hydroxyl groups is 2. The number of aromatic nitrogens is 2. The quantitative estimate of drug-likeness (QED) is 0.279. The molecule has 0 saturated carbocycles. The molecule has 0 atom stereocenters. The maximum Gasteiger partial charge on any atom is 0.254 e. The summed E-state index contributed by atoms with van der Waals surface area (Å²) in [7, 11) is 0. The molecule has 4 aromatic rings. The highest BCUT2D eigenvalue weighted by molar-refractivity contribution is 6.33. The Morgan fingerprint density at radius 2 is 1.83 bits per heavy atom. The van der Waals surface area contributed by atoms with Crippen LogP contribution in [-0.4, -0.2) is 57.3 Å². The second-order valence-corrected chi connectivity index (χ2v) is 9.30. The number of H-pyrrole nitrogens is 1. The summed E-state index contributed by atoms with van der Waals surface area (Å²) in [4.78, 5) is 22.7. The SMILES string of the molecule is O=C1c2cccc(Nc3ccc(Cl)c(-c4ncc(-c5ccccc5)[nH]4)c3)c2CCN1CC(CO)CO. The van der Waals surface area contributed by atoms with Crippen LogP contribution in [0.3, 0.4) is 0 Å². The van der Waals surface area contributed by atoms with Crippen molar-refractivity contribution in [2.24, 2.45) is 5.92 Å². The molecule has 0 saturated heterocycles. The maximum atomic E-state index is 13.1. The van der Waals surface area contributed by atoms with Crippen LogP contribution < -0.4 is 5.32 Å². The highest BCUT2D eigenvalue weighted by atomic mass is 35.5. The molecule has 0 bridgehead atoms. The zero-order valence-electron chi connectivity index (χ0n) is 19.6. The van der Waals surface area contributed by atoms with E-state index in [9.17, 15) is 15.0 Å². The van der Waals surface area contributed by atoms with Gasteiger partial charge in [0.15, 0.2) is 0 Å². The summed E-state index contributed by atoms with van der Waals surface area (Å²) in [5, 5.41) is 22.8. The van der Waals surface area contributed by atoms with Crippen molar-refractivity contribution >= 4 is 28.9 Å². The second kappa shape index (κ2) is 10.5. The highest BCUT2D eigenvalue weighted by Crippen LogP contribution is 2.33. The van der Waals surface area contributed by atoms with Gasteiger partial charge in [0.1, 0.15) is 5.82 Å². The van der Waals surface area contributed by atoms with Gasteiger partial charge in [0.25, 0.3) is 5.91 Å². The molecule has 5 rings (SSSR count). The number of nitrogens with zero attached hydrogens (tertiary/aromatic N) is 2. The predicted molar refractivity (Wildman–Crippen MR) is 141 cm³/mol. The number of amides is 1. The molecule has 4 N–H and O–H groups in total. The molecular formula is C28H27ClN4O3. The van der Waals surface area contributed by atoms with Gasteiger partial charge in [-0.3, -0.25) is 4.79 Å². The number of rotatable bonds is 8. The first-order valence-electron chi connectivity index (χ1n) is 11.9. The van der Waals surface area contributed by atoms with E-state index in [0.717, 1.165) is 33.8 Å². The fraction of sp³-hybridized carbons (Fsp3) is 0.214. The van der Waals surface area contributed by atoms with Crippen LogP contribution in [0, 0.1) is 5.92 Å². The number of halogens is 1. The van der Waals surface area contributed by atoms with Crippen LogP contribution in [0.5, 0.6) is 0 Å². The zero-order valence-corrected chi connectivity index (χ0v) is 20.4. The molecule has 184 valence electrons. The number of nitrogens with one attached hydrogen (secondary N) is 2. The Morgan fingerprint density at radius 1 is 1.03 bits per heavy atom. The van der Waals surface area contributed by atoms with Crippen molar-refractivity contribution < 1.29 is 15.0 Å². The fourth-order valence-electron chi connectivity index (χ4n) is 4.51. The van der Waals surface area contributed by atoms with Crippen molar-refractivity contribution in [2.75, 3.05) is 31.6 Å². The number of hydrogen-bond acceptors (Lipinski definition) is 5. The Labute approximate surface area is 214 Å². The smallest absolute Gasteiger partial charge is 0.254 e. The van der Waals surface area contributed by atoms with Crippen LogP contribution in [0.4, 0.5) is 11.4 Å². The van der Waals surface area contributed by atoms with Gasteiger partial charge in [-0.1, -0.05) is 48.0 Å². The van der Waals surface area contributed by atoms with E-state index in [-0.39, 0.29) is 25.0 Å². The average Bonchev–Trinajstić information content (AvgIpc) is 3.40. The number of aromatic amines is 1. The first-order valence-corrected chi connectivity index (χ1v) is 12.3. The van der Waals surface area contributed by atoms with Crippen molar-refractivity contribution in [1.82, 2.24) is 14.9 Å². The van der Waals surface area contributed by atoms with E-state index in [1.54, 1.807) is 11.1 Å². The first kappa shape index (κ1) is 24.1. The Hall–Kier alpha value is -3.65. The number of aliphatic hydroxyl groups excluding tert-OH is 2. The lowest BCUT2D eigenvalue weighted by molar-refractivity contribution is 0.0628. The zero-order chi connectivity index (χ0) is 25.1. The number of imidazole rings is 1. The molecule has 1 aliphatic rings. The van der Waals surface area contributed by atoms with E-state index in [4.69, 9.17) is 11.6 Å². The van der Waals surface area contributed by atoms with Gasteiger partial charge in [0.05, 0.1) is 16.9 Å². The molecule has 0 radical (unpaired) electrons. The van der Waals surface area contributed by atoms with Crippen LogP contribution in [0.15, 0.2) is 72.9 Å². The van der Waals surface area contributed by atoms with Crippen molar-refractivity contribution in [3.63, 3.8) is 0 Å². The third-order valence-electron chi connectivity index (χ3n) is 6.48. The molecule has 0 aliphatic carbocycles. The predicted octanol–water partition coefficient (Wildman–Crippen LogP) is 4.74. The van der Waals surface area contributed by atoms with E-state index in [1.807, 2.05) is 66.7 Å². The lowest BCUT2D eigenvalue weighted by Crippen LogP contribution is -2.42. The first-order chi connectivity index (χ1) is 17.6. The average molecular weight is 503 g/mol. The summed E-state index contributed by atoms with van der Waals surface area (Å²) in [6.45, 7) is 0.547. The molecule has 7 nitrogen and oxygen atoms in total. The van der Waals surface area contributed by atoms with E-state index >= 15 is 0 Å². The van der Waals surface area contributed by atoms with Gasteiger partial charge < -0.3 is 25.4 Å². The van der Waals surface area contributed by atoms with Crippen LogP contribution in [0.25, 0.3) is 22.6 Å². The van der Waals surface area contributed by atoms with Crippen LogP contribution >= 0.6 is 11.6 Å². The van der Waals surface area contributed by atoms with Gasteiger partial charge in [0.2, 0.25) is 0 Å². The van der Waals surface area contributed by atoms with Crippen molar-refractivity contribution in [3.8, 4) is 22.6 Å². The van der Waals surface area contributed by atoms with Crippen LogP contribution in [-0.2, 0) is 6.42 Å². The standard InChI is InChI=1S/C28H27ClN4O3/c29-24-10-9-20(13-23(24)27-30-14-26(32-27)19-5-2-1-3-6-19)31-25-8-4-7-22-21(25)11-12-33(28(22)36)15-18(16-34)17-35/h1-10,13-14,18,31,34-35H,11-12,15-17H2,(H,30,32). The normalized spacial score (nSPS) is 13.2. The Morgan fingerprint density at radius 3 is 2.61 bits per heavy atom. The van der Waals surface area contributed by atoms with Gasteiger partial charge in [-0.05, 0) is 47.9 Å². The highest BCUT2D eigenvalue weighted by Gasteiger charge is 2.27. The molecule has 0 unspecified atom stereocenters. The van der Waals surface area contributed by atoms with E-state index in [2.05, 4.69) is 15.3 Å². The van der Waals surface area contributed by atoms with Crippen molar-refractivity contribution in [2.45, 2.75) is 6.42 Å². The maximum absolute atomic E-state index is 13.1. The van der Waals surface area contributed by atoms with Gasteiger partial charge in [-0.25, -0.2) is 4.98 Å². The number of hydrogen-bond donors (Lipinski definition) is 4. The topological polar surface area (TPSA) is 101 Å². The minimum absolute atomic E-state index is 0.0902. The number of benzene rings is 3. The molecule has 0 spiro atoms. The lowest BCUT2D eigenvalue weighted by Gasteiger charge is -2.32. The van der Waals surface area contributed by atoms with Crippen molar-refractivity contribution in [3.05, 3.63) is 89.1 Å². The van der Waals surface area contributed by atoms with Gasteiger partial charge in [0, 0.05) is 54.7 Å². The van der Waals surface area contributed by atoms with Crippen LogP contribution in [0.2, 0.25) is 5.02 Å². The number of carbonyl (C=O) groups is 1. The molecular weight excluding hydrogens is 476 g/mol. The van der Waals surface area contributed by atoms with Gasteiger partial charge >= 0.3 is 0 Å². The molecule has 1 aromatic heterocycles. The van der Waals surface area contributed by atoms with E-state index in [1.165, 1.54) is 0 Å². The minimum atomic E-state index is -0.340. The molecule has 36 heavy (non-hydrogen) atoms. The third-order valence-corrected chi connectivity index (χ3v) is 6.81. The van der Waals surface area contributed by atoms with Gasteiger partial charge in [-0.15, -0.1) is 0 Å². The van der Waals surface area contributed by atoms with Gasteiger partial charge in [-0.2, -0.15) is 0 Å². The summed E-state index contributed by atoms with van der Waals surface area (Å²) >= 11 is 6.53. The summed E-state index contributed by atoms with van der Waals surface area (Å²) in [5.74, 6) is 0.242. The third kappa shape index (κ3) is 4.86. The summed E-state index contributed by atoms with van der Waals surface area (Å²) in [6.07, 6.45) is 2.47. The fourth-order valence-corrected chi connectivity index (χ4v) is 4.72. The molecule has 8 heteroatoms. The molecule has 3 aromatic carbocycles. The van der Waals surface area contributed by atoms with E-state index < -0.39 is 0 Å².